The van der Waals surface area contributed by atoms with Crippen molar-refractivity contribution >= 4 is 65.4 Å². The van der Waals surface area contributed by atoms with Crippen LogP contribution in [0.2, 0.25) is 0 Å². The lowest BCUT2D eigenvalue weighted by Gasteiger charge is -2.20. The summed E-state index contributed by atoms with van der Waals surface area (Å²) in [5.41, 5.74) is 13.5. The molecule has 12 rings (SSSR count). The average molecular weight is 753 g/mol. The smallest absolute Gasteiger partial charge is 0.0992 e. The Kier molecular flexibility index (Phi) is 7.19. The predicted octanol–water partition coefficient (Wildman–Crippen LogP) is 13.0. The zero-order chi connectivity index (χ0) is 39.0. The second-order valence-electron chi connectivity index (χ2n) is 15.0. The Morgan fingerprint density at radius 2 is 0.661 bits per heavy atom. The van der Waals surface area contributed by atoms with Gasteiger partial charge in [0.15, 0.2) is 0 Å². The molecule has 0 unspecified atom stereocenters. The highest BCUT2D eigenvalue weighted by Gasteiger charge is 2.23. The van der Waals surface area contributed by atoms with Crippen LogP contribution in [0.4, 0.5) is 0 Å². The minimum absolute atomic E-state index is 0.545. The first kappa shape index (κ1) is 32.9. The van der Waals surface area contributed by atoms with Crippen molar-refractivity contribution in [3.63, 3.8) is 0 Å². The van der Waals surface area contributed by atoms with Crippen LogP contribution in [0.3, 0.4) is 0 Å². The van der Waals surface area contributed by atoms with Crippen molar-refractivity contribution in [3.8, 4) is 45.4 Å². The van der Waals surface area contributed by atoms with Crippen LogP contribution in [0.5, 0.6) is 0 Å². The molecular weight excluding hydrogens is 721 g/mol. The van der Waals surface area contributed by atoms with Gasteiger partial charge >= 0.3 is 0 Å². The number of pyridine rings is 2. The molecule has 0 saturated heterocycles. The molecule has 59 heavy (non-hydrogen) atoms. The Morgan fingerprint density at radius 1 is 0.356 bits per heavy atom. The highest BCUT2D eigenvalue weighted by Crippen LogP contribution is 2.43. The second-order valence-corrected chi connectivity index (χ2v) is 15.0. The number of nitriles is 1. The Morgan fingerprint density at radius 3 is 0.983 bits per heavy atom. The lowest BCUT2D eigenvalue weighted by molar-refractivity contribution is 1.13. The fourth-order valence-electron chi connectivity index (χ4n) is 9.34. The number of para-hydroxylation sites is 6. The number of fused-ring (bicyclic) bond motifs is 9. The van der Waals surface area contributed by atoms with Gasteiger partial charge in [-0.25, -0.2) is 0 Å². The topological polar surface area (TPSA) is 64.4 Å². The van der Waals surface area contributed by atoms with Gasteiger partial charge in [0.2, 0.25) is 0 Å². The summed E-state index contributed by atoms with van der Waals surface area (Å²) in [7, 11) is 0. The van der Waals surface area contributed by atoms with Crippen LogP contribution in [0, 0.1) is 11.3 Å². The molecule has 0 amide bonds. The van der Waals surface area contributed by atoms with E-state index in [9.17, 15) is 5.26 Å². The van der Waals surface area contributed by atoms with E-state index < -0.39 is 0 Å². The summed E-state index contributed by atoms with van der Waals surface area (Å²) in [5.74, 6) is 0. The third kappa shape index (κ3) is 4.92. The van der Waals surface area contributed by atoms with Crippen molar-refractivity contribution in [3.05, 3.63) is 200 Å². The van der Waals surface area contributed by atoms with Crippen molar-refractivity contribution in [2.24, 2.45) is 0 Å². The van der Waals surface area contributed by atoms with Crippen molar-refractivity contribution in [1.29, 1.82) is 5.26 Å². The van der Waals surface area contributed by atoms with Crippen LogP contribution < -0.4 is 0 Å². The lowest BCUT2D eigenvalue weighted by Crippen LogP contribution is -2.03. The van der Waals surface area contributed by atoms with Gasteiger partial charge in [-0.2, -0.15) is 5.26 Å². The zero-order valence-electron chi connectivity index (χ0n) is 31.7. The van der Waals surface area contributed by atoms with Crippen molar-refractivity contribution in [1.82, 2.24) is 23.7 Å². The first-order valence-corrected chi connectivity index (χ1v) is 19.7. The number of hydrogen-bond acceptors (Lipinski definition) is 3. The average Bonchev–Trinajstić information content (AvgIpc) is 3.95. The van der Waals surface area contributed by atoms with Crippen LogP contribution in [0.1, 0.15) is 5.56 Å². The summed E-state index contributed by atoms with van der Waals surface area (Å²) >= 11 is 0. The van der Waals surface area contributed by atoms with Gasteiger partial charge < -0.3 is 13.7 Å². The highest BCUT2D eigenvalue weighted by atomic mass is 15.0. The standard InChI is InChI=1S/C53H32N6/c54-29-34-25-45(35-27-37(32-55-30-35)57-47-19-7-1-13-39(47)40-14-2-8-20-48(40)57)53(59-51-23-11-5-17-43(51)44-18-6-12-24-52(44)59)46(26-34)36-28-38(33-56-31-36)58-49-21-9-3-15-41(49)42-16-4-10-22-50(42)58/h1-28,30-33H. The molecule has 7 aromatic carbocycles. The summed E-state index contributed by atoms with van der Waals surface area (Å²) in [6, 6.07) is 62.1. The molecule has 5 aromatic heterocycles. The summed E-state index contributed by atoms with van der Waals surface area (Å²) in [6.45, 7) is 0. The van der Waals surface area contributed by atoms with Crippen LogP contribution >= 0.6 is 0 Å². The molecule has 0 N–H and O–H groups in total. The molecule has 12 aromatic rings. The highest BCUT2D eigenvalue weighted by molar-refractivity contribution is 6.12. The predicted molar refractivity (Wildman–Crippen MR) is 241 cm³/mol. The maximum absolute atomic E-state index is 10.7. The fourth-order valence-corrected chi connectivity index (χ4v) is 9.34. The van der Waals surface area contributed by atoms with Crippen LogP contribution in [0.25, 0.3) is 105 Å². The van der Waals surface area contributed by atoms with E-state index in [0.717, 1.165) is 83.2 Å². The van der Waals surface area contributed by atoms with Crippen LogP contribution in [0.15, 0.2) is 195 Å². The minimum atomic E-state index is 0.545. The molecule has 0 radical (unpaired) electrons. The maximum Gasteiger partial charge on any atom is 0.0992 e. The van der Waals surface area contributed by atoms with Gasteiger partial charge in [0, 0.05) is 67.0 Å². The number of nitrogens with zero attached hydrogens (tertiary/aromatic N) is 6. The summed E-state index contributed by atoms with van der Waals surface area (Å²) in [5, 5.41) is 17.8. The summed E-state index contributed by atoms with van der Waals surface area (Å²) in [4.78, 5) is 9.83. The number of hydrogen-bond donors (Lipinski definition) is 0. The van der Waals surface area contributed by atoms with Gasteiger partial charge in [0.25, 0.3) is 0 Å². The zero-order valence-corrected chi connectivity index (χ0v) is 31.7. The molecule has 274 valence electrons. The molecule has 5 heterocycles. The molecule has 0 aliphatic carbocycles. The fraction of sp³-hybridized carbons (Fsp3) is 0. The van der Waals surface area contributed by atoms with E-state index in [4.69, 9.17) is 9.97 Å². The lowest BCUT2D eigenvalue weighted by atomic mass is 9.94. The van der Waals surface area contributed by atoms with E-state index >= 15 is 0 Å². The molecular formula is C53H32N6. The third-order valence-electron chi connectivity index (χ3n) is 11.8. The first-order chi connectivity index (χ1) is 29.2. The van der Waals surface area contributed by atoms with Crippen molar-refractivity contribution in [2.45, 2.75) is 0 Å². The van der Waals surface area contributed by atoms with Gasteiger partial charge in [-0.15, -0.1) is 0 Å². The van der Waals surface area contributed by atoms with E-state index in [0.29, 0.717) is 5.56 Å². The molecule has 0 bridgehead atoms. The maximum atomic E-state index is 10.7. The largest absolute Gasteiger partial charge is 0.308 e. The van der Waals surface area contributed by atoms with Gasteiger partial charge in [-0.3, -0.25) is 9.97 Å². The summed E-state index contributed by atoms with van der Waals surface area (Å²) < 4.78 is 6.93. The van der Waals surface area contributed by atoms with Gasteiger partial charge in [0.1, 0.15) is 0 Å². The van der Waals surface area contributed by atoms with E-state index in [1.807, 2.05) is 36.9 Å². The SMILES string of the molecule is N#Cc1cc(-c2cncc(-n3c4ccccc4c4ccccc43)c2)c(-n2c3ccccc3c3ccccc32)c(-c2cncc(-n3c4ccccc4c4ccccc43)c2)c1. The second kappa shape index (κ2) is 12.9. The van der Waals surface area contributed by atoms with Gasteiger partial charge in [-0.1, -0.05) is 109 Å². The normalized spacial score (nSPS) is 11.7. The molecule has 0 fully saturated rings. The monoisotopic (exact) mass is 752 g/mol. The van der Waals surface area contributed by atoms with E-state index in [1.54, 1.807) is 0 Å². The number of rotatable bonds is 5. The molecule has 0 saturated carbocycles. The van der Waals surface area contributed by atoms with Crippen LogP contribution in [-0.4, -0.2) is 23.7 Å². The first-order valence-electron chi connectivity index (χ1n) is 19.7. The number of benzene rings is 7. The quantitative estimate of drug-likeness (QED) is 0.176. The van der Waals surface area contributed by atoms with Crippen LogP contribution in [-0.2, 0) is 0 Å². The molecule has 0 spiro atoms. The van der Waals surface area contributed by atoms with Crippen molar-refractivity contribution in [2.75, 3.05) is 0 Å². The van der Waals surface area contributed by atoms with E-state index in [2.05, 4.69) is 177 Å². The molecule has 0 atom stereocenters. The molecule has 0 aliphatic heterocycles. The molecule has 0 aliphatic rings. The van der Waals surface area contributed by atoms with E-state index in [-0.39, 0.29) is 0 Å². The Hall–Kier alpha value is -8.27. The van der Waals surface area contributed by atoms with Gasteiger partial charge in [-0.05, 0) is 60.7 Å². The Bertz CT molecular complexity index is 3370. The minimum Gasteiger partial charge on any atom is -0.308 e. The third-order valence-corrected chi connectivity index (χ3v) is 11.8. The Balaban J connectivity index is 1.17. The molecule has 6 heteroatoms. The molecule has 6 nitrogen and oxygen atoms in total. The Labute approximate surface area is 338 Å². The van der Waals surface area contributed by atoms with E-state index in [1.165, 1.54) is 21.5 Å². The van der Waals surface area contributed by atoms with Gasteiger partial charge in [0.05, 0.1) is 74.2 Å². The van der Waals surface area contributed by atoms with Crippen molar-refractivity contribution < 1.29 is 0 Å². The summed E-state index contributed by atoms with van der Waals surface area (Å²) in [6.07, 6.45) is 7.69. The number of aromatic nitrogens is 5.